The summed E-state index contributed by atoms with van der Waals surface area (Å²) in [7, 11) is 0. The Balaban J connectivity index is 1.52. The summed E-state index contributed by atoms with van der Waals surface area (Å²) >= 11 is 6.34. The van der Waals surface area contributed by atoms with Gasteiger partial charge in [-0.15, -0.1) is 0 Å². The van der Waals surface area contributed by atoms with E-state index < -0.39 is 17.6 Å². The van der Waals surface area contributed by atoms with E-state index >= 15 is 0 Å². The highest BCUT2D eigenvalue weighted by Gasteiger charge is 2.44. The van der Waals surface area contributed by atoms with Crippen LogP contribution in [0.4, 0.5) is 8.78 Å². The Bertz CT molecular complexity index is 1210. The van der Waals surface area contributed by atoms with Crippen molar-refractivity contribution in [2.75, 3.05) is 26.2 Å². The molecule has 0 saturated carbocycles. The highest BCUT2D eigenvalue weighted by molar-refractivity contribution is 6.30. The number of likely N-dealkylation sites (tertiary alicyclic amines) is 2. The average Bonchev–Trinajstić information content (AvgIpc) is 3.33. The van der Waals surface area contributed by atoms with Crippen molar-refractivity contribution >= 4 is 23.4 Å². The summed E-state index contributed by atoms with van der Waals surface area (Å²) in [5.41, 5.74) is 2.43. The van der Waals surface area contributed by atoms with Crippen molar-refractivity contribution in [3.05, 3.63) is 69.7 Å². The Hall–Kier alpha value is -2.51. The van der Waals surface area contributed by atoms with Crippen LogP contribution in [0, 0.1) is 17.6 Å². The average molecular weight is 560 g/mol. The minimum Gasteiger partial charge on any atom is -0.350 e. The van der Waals surface area contributed by atoms with Gasteiger partial charge in [0.1, 0.15) is 11.6 Å². The number of benzene rings is 2. The third-order valence-corrected chi connectivity index (χ3v) is 8.64. The topological polar surface area (TPSA) is 52.7 Å². The van der Waals surface area contributed by atoms with Crippen molar-refractivity contribution < 1.29 is 18.4 Å². The molecule has 2 aromatic rings. The molecule has 8 heteroatoms. The predicted molar refractivity (Wildman–Crippen MR) is 151 cm³/mol. The number of carbonyl (C=O) groups excluding carboxylic acids is 2. The number of piperidine rings is 1. The first-order chi connectivity index (χ1) is 18.4. The lowest BCUT2D eigenvalue weighted by atomic mass is 9.83. The summed E-state index contributed by atoms with van der Waals surface area (Å²) in [6.45, 7) is 12.1. The van der Waals surface area contributed by atoms with E-state index in [0.29, 0.717) is 36.8 Å². The van der Waals surface area contributed by atoms with E-state index in [1.807, 2.05) is 24.0 Å². The molecule has 3 atom stereocenters. The quantitative estimate of drug-likeness (QED) is 0.444. The Morgan fingerprint density at radius 3 is 2.31 bits per heavy atom. The van der Waals surface area contributed by atoms with Crippen molar-refractivity contribution in [3.63, 3.8) is 0 Å². The number of rotatable bonds is 6. The molecule has 39 heavy (non-hydrogen) atoms. The van der Waals surface area contributed by atoms with Crippen LogP contribution >= 0.6 is 11.6 Å². The van der Waals surface area contributed by atoms with Gasteiger partial charge < -0.3 is 10.2 Å². The molecule has 0 aliphatic carbocycles. The van der Waals surface area contributed by atoms with Gasteiger partial charge in [0.25, 0.3) is 0 Å². The maximum Gasteiger partial charge on any atom is 0.227 e. The van der Waals surface area contributed by atoms with E-state index in [4.69, 9.17) is 11.6 Å². The summed E-state index contributed by atoms with van der Waals surface area (Å²) in [5, 5.41) is 3.67. The van der Waals surface area contributed by atoms with E-state index in [2.05, 4.69) is 37.1 Å². The van der Waals surface area contributed by atoms with Gasteiger partial charge in [0.05, 0.1) is 12.0 Å². The van der Waals surface area contributed by atoms with Crippen LogP contribution in [0.3, 0.4) is 0 Å². The van der Waals surface area contributed by atoms with Gasteiger partial charge in [-0.25, -0.2) is 8.78 Å². The van der Waals surface area contributed by atoms with Gasteiger partial charge >= 0.3 is 0 Å². The molecular formula is C31H40ClF2N3O2. The van der Waals surface area contributed by atoms with E-state index in [-0.39, 0.29) is 35.2 Å². The summed E-state index contributed by atoms with van der Waals surface area (Å²) in [6, 6.07) is 9.45. The number of carbonyl (C=O) groups is 2. The molecule has 2 aliphatic heterocycles. The fourth-order valence-electron chi connectivity index (χ4n) is 6.23. The number of nitrogens with one attached hydrogen (secondary N) is 1. The Kier molecular flexibility index (Phi) is 9.01. The fraction of sp³-hybridized carbons (Fsp3) is 0.548. The van der Waals surface area contributed by atoms with Crippen LogP contribution in [-0.2, 0) is 9.59 Å². The van der Waals surface area contributed by atoms with Crippen molar-refractivity contribution in [3.8, 4) is 0 Å². The van der Waals surface area contributed by atoms with E-state index in [0.717, 1.165) is 36.5 Å². The monoisotopic (exact) mass is 559 g/mol. The van der Waals surface area contributed by atoms with Crippen LogP contribution in [0.5, 0.6) is 0 Å². The van der Waals surface area contributed by atoms with Gasteiger partial charge in [0.15, 0.2) is 0 Å². The van der Waals surface area contributed by atoms with Gasteiger partial charge in [-0.2, -0.15) is 0 Å². The van der Waals surface area contributed by atoms with Crippen molar-refractivity contribution in [1.82, 2.24) is 15.1 Å². The number of hydrogen-bond acceptors (Lipinski definition) is 3. The Morgan fingerprint density at radius 1 is 1.05 bits per heavy atom. The largest absolute Gasteiger partial charge is 0.350 e. The highest BCUT2D eigenvalue weighted by atomic mass is 35.5. The molecule has 0 aromatic heterocycles. The van der Waals surface area contributed by atoms with Gasteiger partial charge in [-0.1, -0.05) is 30.7 Å². The lowest BCUT2D eigenvalue weighted by Gasteiger charge is -2.36. The van der Waals surface area contributed by atoms with Crippen molar-refractivity contribution in [1.29, 1.82) is 0 Å². The van der Waals surface area contributed by atoms with Crippen molar-refractivity contribution in [2.45, 2.75) is 77.3 Å². The van der Waals surface area contributed by atoms with Gasteiger partial charge in [0, 0.05) is 55.6 Å². The summed E-state index contributed by atoms with van der Waals surface area (Å²) < 4.78 is 28.5. The second-order valence-corrected chi connectivity index (χ2v) is 12.4. The zero-order valence-corrected chi connectivity index (χ0v) is 24.3. The number of amides is 2. The molecule has 2 heterocycles. The van der Waals surface area contributed by atoms with Gasteiger partial charge in [-0.05, 0) is 80.8 Å². The number of nitrogens with zero attached hydrogens (tertiary/aromatic N) is 2. The van der Waals surface area contributed by atoms with Crippen molar-refractivity contribution in [2.24, 2.45) is 5.92 Å². The first kappa shape index (κ1) is 29.5. The number of halogens is 3. The predicted octanol–water partition coefficient (Wildman–Crippen LogP) is 6.43. The highest BCUT2D eigenvalue weighted by Crippen LogP contribution is 2.40. The first-order valence-electron chi connectivity index (χ1n) is 13.9. The lowest BCUT2D eigenvalue weighted by Crippen LogP contribution is -2.44. The van der Waals surface area contributed by atoms with Crippen LogP contribution in [0.15, 0.2) is 36.4 Å². The van der Waals surface area contributed by atoms with E-state index in [1.165, 1.54) is 19.1 Å². The molecular weight excluding hydrogens is 520 g/mol. The lowest BCUT2D eigenvalue weighted by molar-refractivity contribution is -0.136. The molecule has 2 aromatic carbocycles. The number of hydrogen-bond donors (Lipinski definition) is 1. The Morgan fingerprint density at radius 2 is 1.72 bits per heavy atom. The molecule has 2 saturated heterocycles. The molecule has 0 bridgehead atoms. The van der Waals surface area contributed by atoms with E-state index in [9.17, 15) is 18.4 Å². The third kappa shape index (κ3) is 6.63. The molecule has 0 radical (unpaired) electrons. The summed E-state index contributed by atoms with van der Waals surface area (Å²) in [4.78, 5) is 29.9. The molecule has 0 spiro atoms. The molecule has 1 N–H and O–H groups in total. The first-order valence-corrected chi connectivity index (χ1v) is 14.3. The fourth-order valence-corrected chi connectivity index (χ4v) is 6.41. The maximum atomic E-state index is 14.9. The molecule has 4 rings (SSSR count). The molecule has 5 nitrogen and oxygen atoms in total. The molecule has 2 amide bonds. The van der Waals surface area contributed by atoms with Crippen LogP contribution < -0.4 is 5.32 Å². The zero-order valence-electron chi connectivity index (χ0n) is 23.6. The minimum atomic E-state index is -0.614. The summed E-state index contributed by atoms with van der Waals surface area (Å²) in [6.07, 6.45) is 2.34. The van der Waals surface area contributed by atoms with E-state index in [1.54, 1.807) is 0 Å². The molecule has 212 valence electrons. The third-order valence-electron chi connectivity index (χ3n) is 8.40. The molecule has 2 fully saturated rings. The van der Waals surface area contributed by atoms with Crippen LogP contribution in [0.2, 0.25) is 5.02 Å². The zero-order chi connectivity index (χ0) is 28.5. The van der Waals surface area contributed by atoms with Gasteiger partial charge in [0.2, 0.25) is 11.8 Å². The smallest absolute Gasteiger partial charge is 0.227 e. The maximum absolute atomic E-state index is 14.9. The second kappa shape index (κ2) is 11.9. The van der Waals surface area contributed by atoms with Crippen LogP contribution in [-0.4, -0.2) is 53.3 Å². The SMILES string of the molecule is CCC(NC(C)=O)c1cc(Cl)ccc1C1CCN(C(=O)[C@@H]2CN(C(C)(C)C)C[C@H]2c2ccc(F)cc2F)CC1. The van der Waals surface area contributed by atoms with Gasteiger partial charge in [-0.3, -0.25) is 14.5 Å². The standard InChI is InChI=1S/C31H40ClF2N3O2/c1-6-29(35-19(2)38)25-15-21(32)7-9-23(25)20-11-13-36(14-12-20)30(39)27-18-37(31(3,4)5)17-26(27)24-10-8-22(33)16-28(24)34/h7-10,15-16,20,26-27,29H,6,11-14,17-18H2,1-5H3,(H,35,38)/t26-,27+,29?/m0/s1. The van der Waals surface area contributed by atoms with Crippen LogP contribution in [0.25, 0.3) is 0 Å². The second-order valence-electron chi connectivity index (χ2n) is 12.0. The van der Waals surface area contributed by atoms with Crippen LogP contribution in [0.1, 0.15) is 88.4 Å². The Labute approximate surface area is 235 Å². The normalized spacial score (nSPS) is 21.7. The molecule has 1 unspecified atom stereocenters. The minimum absolute atomic E-state index is 0.0370. The summed E-state index contributed by atoms with van der Waals surface area (Å²) in [5.74, 6) is -1.73. The molecule has 2 aliphatic rings.